The molecule has 0 amide bonds. The summed E-state index contributed by atoms with van der Waals surface area (Å²) in [5.74, 6) is -3.41. The number of rotatable bonds is 7. The molecule has 0 N–H and O–H groups in total. The lowest BCUT2D eigenvalue weighted by molar-refractivity contribution is -0.660. The average Bonchev–Trinajstić information content (AvgIpc) is 1.63. The van der Waals surface area contributed by atoms with Crippen LogP contribution in [0.4, 0.5) is 0 Å². The van der Waals surface area contributed by atoms with Crippen LogP contribution in [0.1, 0.15) is 148 Å². The summed E-state index contributed by atoms with van der Waals surface area (Å²) in [5, 5.41) is 10.0. The quantitative estimate of drug-likeness (QED) is 0.141. The highest BCUT2D eigenvalue weighted by Crippen LogP contribution is 2.43. The van der Waals surface area contributed by atoms with E-state index < -0.39 is 39.2 Å². The summed E-state index contributed by atoms with van der Waals surface area (Å²) in [6.07, 6.45) is 8.96. The summed E-state index contributed by atoms with van der Waals surface area (Å²) < 4.78 is 150. The van der Waals surface area contributed by atoms with Gasteiger partial charge in [-0.25, -0.2) is 47.8 Å². The van der Waals surface area contributed by atoms with Gasteiger partial charge in [0.25, 0.3) is 0 Å². The lowest BCUT2D eigenvalue weighted by Gasteiger charge is -2.09. The molecule has 0 fully saturated rings. The second-order valence-corrected chi connectivity index (χ2v) is 31.8. The standard InChI is InChI=1S/2C22H23N2O.C21H21N2O.2C20H19N2O/c1-13(2)16-8-11-19(24(5)12-16)20-14(3)6-9-17-18-10-7-15(4)23-22(18)25-21(17)20;1-13(2)16-10-11-24(5)19(12-16)20-14(3)6-8-17-18-9-7-15(4)23-22(18)25-21(17)20;1-12-6-8-16-17-9-7-15(4)22-21(17)24-20(16)19(12)18-10-13(2)14(3)11-23(18)5;1-12-5-10-17(22(4)11-12)18-13(2)6-8-15-16-9-7-14(3)21-20(16)23-19(15)18;1-12-9-10-22(4)17(11-12)18-13(2)5-7-15-16-8-6-14(3)21-20(16)23-19(15)18/h2*6-13H,1-5H3;6-11H,1-5H3;2*5-11H,1-4H3/q5*+1/i2*1D3,13D;3D3;1D3;. The van der Waals surface area contributed by atoms with Crippen LogP contribution in [0.3, 0.4) is 0 Å². The SMILES string of the molecule is Cc1cc[n+](C)c(-c2c(C)ccc3c2oc2nc(C)ccc23)c1.[2H]C([2H])([2H])C([2H])(C)c1cc[n+](C)c(-c2c(C)ccc3c2oc2nc(C)ccc23)c1.[2H]C([2H])([2H])C([2H])(C)c1ccc(-c2c(C)ccc3c2oc2nc(C)ccc23)[n+](C)c1.[2H]C([2H])([2H])c1c[n+](C)c(-c2c(C)ccc3c2oc2nc(C)ccc23)cc1C.[2H]C([2H])([2H])c1ccc(-c2c(C)ccc3c2oc2nc(C)ccc23)[n+](C)c1. The number of fused-ring (bicyclic) bond motifs is 15. The highest BCUT2D eigenvalue weighted by molar-refractivity contribution is 6.13. The van der Waals surface area contributed by atoms with Gasteiger partial charge in [-0.2, -0.15) is 0 Å². The Labute approximate surface area is 720 Å². The smallest absolute Gasteiger partial charge is 0.227 e. The Morgan fingerprint density at radius 1 is 0.267 bits per heavy atom. The maximum Gasteiger partial charge on any atom is 0.227 e. The molecule has 15 heterocycles. The molecule has 0 spiro atoms. The van der Waals surface area contributed by atoms with Gasteiger partial charge in [-0.3, -0.25) is 0 Å². The maximum atomic E-state index is 8.47. The molecule has 5 aromatic carbocycles. The number of benzene rings is 5. The van der Waals surface area contributed by atoms with Crippen LogP contribution in [0.2, 0.25) is 0 Å². The van der Waals surface area contributed by atoms with Crippen molar-refractivity contribution in [1.82, 2.24) is 24.9 Å². The molecule has 2 unspecified atom stereocenters. The number of hydrogen-bond donors (Lipinski definition) is 0. The Balaban J connectivity index is 0.000000122. The topological polar surface area (TPSA) is 150 Å². The Bertz CT molecular complexity index is 8130. The van der Waals surface area contributed by atoms with Gasteiger partial charge < -0.3 is 22.1 Å². The summed E-state index contributed by atoms with van der Waals surface area (Å²) in [5.41, 5.74) is 30.1. The van der Waals surface area contributed by atoms with Gasteiger partial charge in [0.2, 0.25) is 57.0 Å². The third-order valence-corrected chi connectivity index (χ3v) is 22.6. The third kappa shape index (κ3) is 15.1. The molecule has 20 aromatic rings. The van der Waals surface area contributed by atoms with Gasteiger partial charge in [0.1, 0.15) is 35.2 Å². The molecule has 15 nitrogen and oxygen atoms in total. The lowest BCUT2D eigenvalue weighted by atomic mass is 9.97. The number of pyridine rings is 10. The molecule has 0 radical (unpaired) electrons. The van der Waals surface area contributed by atoms with E-state index in [1.165, 1.54) is 25.0 Å². The van der Waals surface area contributed by atoms with Crippen LogP contribution in [0, 0.1) is 96.8 Å². The van der Waals surface area contributed by atoms with Gasteiger partial charge >= 0.3 is 0 Å². The molecule has 0 aliphatic heterocycles. The summed E-state index contributed by atoms with van der Waals surface area (Å²) in [6.45, 7) is 17.6. The molecule has 0 saturated carbocycles. The summed E-state index contributed by atoms with van der Waals surface area (Å²) >= 11 is 0. The van der Waals surface area contributed by atoms with E-state index in [1.807, 2.05) is 213 Å². The molecule has 0 bridgehead atoms. The second-order valence-electron chi connectivity index (χ2n) is 31.8. The van der Waals surface area contributed by atoms with Gasteiger partial charge in [-0.05, 0) is 226 Å². The molecular formula is C105H105N10O5+5. The summed E-state index contributed by atoms with van der Waals surface area (Å²) in [4.78, 5) is 22.6. The van der Waals surface area contributed by atoms with E-state index in [2.05, 4.69) is 111 Å². The molecule has 0 saturated heterocycles. The van der Waals surface area contributed by atoms with E-state index in [4.69, 9.17) is 41.3 Å². The largest absolute Gasteiger partial charge is 0.437 e. The molecule has 15 aromatic heterocycles. The van der Waals surface area contributed by atoms with E-state index in [1.54, 1.807) is 49.1 Å². The predicted molar refractivity (Wildman–Crippen MR) is 485 cm³/mol. The van der Waals surface area contributed by atoms with Crippen molar-refractivity contribution in [2.24, 2.45) is 35.2 Å². The Morgan fingerprint density at radius 3 is 0.933 bits per heavy atom. The molecule has 0 aliphatic carbocycles. The summed E-state index contributed by atoms with van der Waals surface area (Å²) in [6, 6.07) is 57.6. The number of furan rings is 5. The van der Waals surface area contributed by atoms with Crippen LogP contribution >= 0.6 is 0 Å². The third-order valence-electron chi connectivity index (χ3n) is 22.6. The van der Waals surface area contributed by atoms with Crippen molar-refractivity contribution in [3.63, 3.8) is 0 Å². The molecular weight excluding hydrogens is 1480 g/mol. The van der Waals surface area contributed by atoms with E-state index in [-0.39, 0.29) is 0 Å². The van der Waals surface area contributed by atoms with Crippen molar-refractivity contribution in [2.75, 3.05) is 0 Å². The van der Waals surface area contributed by atoms with E-state index in [0.29, 0.717) is 56.4 Å². The molecule has 20 rings (SSSR count). The fourth-order valence-corrected chi connectivity index (χ4v) is 16.1. The zero-order valence-electron chi connectivity index (χ0n) is 85.1. The van der Waals surface area contributed by atoms with E-state index >= 15 is 0 Å². The zero-order chi connectivity index (χ0) is 96.6. The zero-order valence-corrected chi connectivity index (χ0v) is 71.1. The average molecular weight is 1600 g/mol. The minimum Gasteiger partial charge on any atom is -0.437 e. The second kappa shape index (κ2) is 32.1. The van der Waals surface area contributed by atoms with Crippen LogP contribution in [0.15, 0.2) is 229 Å². The first-order valence-electron chi connectivity index (χ1n) is 46.9. The highest BCUT2D eigenvalue weighted by atomic mass is 16.4. The number of aromatic nitrogens is 10. The minimum absolute atomic E-state index is 0.315. The van der Waals surface area contributed by atoms with Gasteiger partial charge in [0.05, 0.1) is 27.8 Å². The van der Waals surface area contributed by atoms with Crippen molar-refractivity contribution < 1.29 is 64.1 Å². The molecule has 0 aliphatic rings. The molecule has 600 valence electrons. The van der Waals surface area contributed by atoms with Crippen molar-refractivity contribution in [2.45, 2.75) is 136 Å². The minimum atomic E-state index is -2.44. The van der Waals surface area contributed by atoms with Gasteiger partial charge in [-0.15, -0.1) is 0 Å². The molecule has 2 atom stereocenters. The first-order chi connectivity index (χ1) is 63.0. The molecule has 120 heavy (non-hydrogen) atoms. The number of nitrogens with zero attached hydrogens (tertiary/aromatic N) is 10. The lowest BCUT2D eigenvalue weighted by Crippen LogP contribution is -2.31. The monoisotopic (exact) mass is 1600 g/mol. The van der Waals surface area contributed by atoms with Crippen molar-refractivity contribution in [3.05, 3.63) is 297 Å². The van der Waals surface area contributed by atoms with Gasteiger partial charge in [-0.1, -0.05) is 88.2 Å². The fourth-order valence-electron chi connectivity index (χ4n) is 16.1. The predicted octanol–water partition coefficient (Wildman–Crippen LogP) is 23.9. The van der Waals surface area contributed by atoms with Crippen LogP contribution in [0.25, 0.3) is 167 Å². The van der Waals surface area contributed by atoms with Crippen LogP contribution in [-0.2, 0) is 35.2 Å². The van der Waals surface area contributed by atoms with Gasteiger partial charge in [0, 0.05) is 161 Å². The Morgan fingerprint density at radius 2 is 0.583 bits per heavy atom. The van der Waals surface area contributed by atoms with Crippen molar-refractivity contribution in [3.8, 4) is 56.3 Å². The normalized spacial score (nSPS) is 14.7. The molecule has 15 heteroatoms. The Kier molecular flexibility index (Phi) is 17.3. The highest BCUT2D eigenvalue weighted by Gasteiger charge is 2.28. The number of hydrogen-bond acceptors (Lipinski definition) is 10. The fraction of sp³-hybridized carbons (Fsp3) is 0.238. The van der Waals surface area contributed by atoms with Crippen molar-refractivity contribution >= 4 is 110 Å². The van der Waals surface area contributed by atoms with Crippen molar-refractivity contribution in [1.29, 1.82) is 0 Å². The van der Waals surface area contributed by atoms with E-state index in [9.17, 15) is 0 Å². The van der Waals surface area contributed by atoms with Gasteiger partial charge in [0.15, 0.2) is 58.9 Å². The van der Waals surface area contributed by atoms with Crippen LogP contribution in [-0.4, -0.2) is 24.9 Å². The van der Waals surface area contributed by atoms with E-state index in [0.717, 1.165) is 189 Å². The number of aryl methyl sites for hydroxylation is 19. The first kappa shape index (κ1) is 64.6. The first-order valence-corrected chi connectivity index (χ1v) is 39.9. The van der Waals surface area contributed by atoms with Crippen LogP contribution in [0.5, 0.6) is 0 Å². The summed E-state index contributed by atoms with van der Waals surface area (Å²) in [7, 11) is 9.55. The maximum absolute atomic E-state index is 8.47. The Hall–Kier alpha value is -13.4. The van der Waals surface area contributed by atoms with Crippen LogP contribution < -0.4 is 22.8 Å².